The first-order valence-electron chi connectivity index (χ1n) is 3.79. The topological polar surface area (TPSA) is 44.1 Å². The van der Waals surface area contributed by atoms with Crippen LogP contribution in [-0.2, 0) is 4.79 Å². The molecule has 62 valence electrons. The van der Waals surface area contributed by atoms with Crippen LogP contribution in [0.1, 0.15) is 20.3 Å². The zero-order chi connectivity index (χ0) is 8.69. The number of hydrogen-bond donors (Lipinski definition) is 0. The Morgan fingerprint density at radius 2 is 2.27 bits per heavy atom. The summed E-state index contributed by atoms with van der Waals surface area (Å²) in [5, 5.41) is 8.28. The van der Waals surface area contributed by atoms with Gasteiger partial charge >= 0.3 is 0 Å². The number of carbonyl (C=O) groups excluding carboxylic acids is 1. The normalized spacial score (nSPS) is 9.64. The van der Waals surface area contributed by atoms with Crippen LogP contribution in [-0.4, -0.2) is 30.3 Å². The van der Waals surface area contributed by atoms with Crippen LogP contribution in [0.3, 0.4) is 0 Å². The third-order valence-corrected chi connectivity index (χ3v) is 1.43. The Morgan fingerprint density at radius 3 is 2.64 bits per heavy atom. The van der Waals surface area contributed by atoms with Crippen LogP contribution < -0.4 is 0 Å². The van der Waals surface area contributed by atoms with E-state index in [0.29, 0.717) is 19.5 Å². The van der Waals surface area contributed by atoms with Crippen LogP contribution in [0.25, 0.3) is 0 Å². The molecule has 0 heterocycles. The molecule has 0 aliphatic rings. The van der Waals surface area contributed by atoms with Gasteiger partial charge in [-0.3, -0.25) is 9.69 Å². The van der Waals surface area contributed by atoms with E-state index in [0.717, 1.165) is 6.54 Å². The zero-order valence-corrected chi connectivity index (χ0v) is 7.13. The maximum atomic E-state index is 10.7. The SMILES string of the molecule is CCN(CCC#N)CC(C)=O. The minimum absolute atomic E-state index is 0.157. The summed E-state index contributed by atoms with van der Waals surface area (Å²) < 4.78 is 0. The third kappa shape index (κ3) is 5.56. The van der Waals surface area contributed by atoms with Gasteiger partial charge in [0.25, 0.3) is 0 Å². The minimum Gasteiger partial charge on any atom is -0.299 e. The highest BCUT2D eigenvalue weighted by Gasteiger charge is 2.03. The van der Waals surface area contributed by atoms with E-state index in [1.54, 1.807) is 6.92 Å². The molecule has 0 saturated heterocycles. The summed E-state index contributed by atoms with van der Waals surface area (Å²) in [6.07, 6.45) is 0.501. The quantitative estimate of drug-likeness (QED) is 0.588. The van der Waals surface area contributed by atoms with Gasteiger partial charge in [0.05, 0.1) is 12.6 Å². The molecular weight excluding hydrogens is 140 g/mol. The molecule has 0 aliphatic heterocycles. The lowest BCUT2D eigenvalue weighted by Gasteiger charge is -2.16. The van der Waals surface area contributed by atoms with Crippen molar-refractivity contribution in [2.75, 3.05) is 19.6 Å². The average Bonchev–Trinajstić information content (AvgIpc) is 1.97. The Balaban J connectivity index is 3.59. The molecule has 0 unspecified atom stereocenters. The van der Waals surface area contributed by atoms with Gasteiger partial charge in [-0.15, -0.1) is 0 Å². The van der Waals surface area contributed by atoms with Gasteiger partial charge in [-0.2, -0.15) is 5.26 Å². The van der Waals surface area contributed by atoms with Crippen molar-refractivity contribution in [3.63, 3.8) is 0 Å². The Labute approximate surface area is 67.6 Å². The number of likely N-dealkylation sites (N-methyl/N-ethyl adjacent to an activating group) is 1. The first-order valence-corrected chi connectivity index (χ1v) is 3.79. The maximum Gasteiger partial charge on any atom is 0.143 e. The number of ketones is 1. The second kappa shape index (κ2) is 5.87. The monoisotopic (exact) mass is 154 g/mol. The number of nitriles is 1. The Bertz CT molecular complexity index is 160. The van der Waals surface area contributed by atoms with Crippen molar-refractivity contribution >= 4 is 5.78 Å². The Morgan fingerprint density at radius 1 is 1.64 bits per heavy atom. The molecular formula is C8H14N2O. The van der Waals surface area contributed by atoms with Crippen LogP contribution in [0, 0.1) is 11.3 Å². The van der Waals surface area contributed by atoms with E-state index in [1.165, 1.54) is 0 Å². The van der Waals surface area contributed by atoms with Crippen molar-refractivity contribution in [2.45, 2.75) is 20.3 Å². The molecule has 0 fully saturated rings. The highest BCUT2D eigenvalue weighted by molar-refractivity contribution is 5.77. The lowest BCUT2D eigenvalue weighted by atomic mass is 10.3. The van der Waals surface area contributed by atoms with Crippen molar-refractivity contribution in [2.24, 2.45) is 0 Å². The first-order chi connectivity index (χ1) is 5.20. The van der Waals surface area contributed by atoms with Gasteiger partial charge in [0, 0.05) is 13.0 Å². The van der Waals surface area contributed by atoms with Gasteiger partial charge in [0.1, 0.15) is 5.78 Å². The van der Waals surface area contributed by atoms with E-state index < -0.39 is 0 Å². The van der Waals surface area contributed by atoms with Gasteiger partial charge in [-0.05, 0) is 13.5 Å². The Hall–Kier alpha value is -0.880. The molecule has 0 N–H and O–H groups in total. The summed E-state index contributed by atoms with van der Waals surface area (Å²) in [5.74, 6) is 0.157. The molecule has 0 aromatic heterocycles. The lowest BCUT2D eigenvalue weighted by molar-refractivity contribution is -0.118. The fraction of sp³-hybridized carbons (Fsp3) is 0.750. The van der Waals surface area contributed by atoms with Gasteiger partial charge in [0.15, 0.2) is 0 Å². The standard InChI is InChI=1S/C8H14N2O/c1-3-10(6-4-5-9)7-8(2)11/h3-4,6-7H2,1-2H3. The number of hydrogen-bond acceptors (Lipinski definition) is 3. The number of Topliss-reactive ketones (excluding diaryl/α,β-unsaturated/α-hetero) is 1. The number of rotatable bonds is 5. The minimum atomic E-state index is 0.157. The molecule has 0 atom stereocenters. The molecule has 0 spiro atoms. The summed E-state index contributed by atoms with van der Waals surface area (Å²) in [6.45, 7) is 5.56. The third-order valence-electron chi connectivity index (χ3n) is 1.43. The molecule has 3 nitrogen and oxygen atoms in total. The van der Waals surface area contributed by atoms with E-state index >= 15 is 0 Å². The fourth-order valence-corrected chi connectivity index (χ4v) is 0.872. The first kappa shape index (κ1) is 10.1. The molecule has 0 saturated carbocycles. The van der Waals surface area contributed by atoms with Crippen LogP contribution in [0.15, 0.2) is 0 Å². The van der Waals surface area contributed by atoms with Crippen LogP contribution in [0.2, 0.25) is 0 Å². The second-order valence-corrected chi connectivity index (χ2v) is 2.48. The van der Waals surface area contributed by atoms with E-state index in [4.69, 9.17) is 5.26 Å². The van der Waals surface area contributed by atoms with Gasteiger partial charge < -0.3 is 0 Å². The number of nitrogens with zero attached hydrogens (tertiary/aromatic N) is 2. The van der Waals surface area contributed by atoms with Crippen LogP contribution in [0.4, 0.5) is 0 Å². The highest BCUT2D eigenvalue weighted by Crippen LogP contribution is 1.90. The van der Waals surface area contributed by atoms with E-state index in [2.05, 4.69) is 6.07 Å². The molecule has 0 bridgehead atoms. The Kier molecular flexibility index (Phi) is 5.40. The van der Waals surface area contributed by atoms with Crippen molar-refractivity contribution < 1.29 is 4.79 Å². The summed E-state index contributed by atoms with van der Waals surface area (Å²) >= 11 is 0. The average molecular weight is 154 g/mol. The molecule has 0 aliphatic carbocycles. The highest BCUT2D eigenvalue weighted by atomic mass is 16.1. The molecule has 0 aromatic rings. The summed E-state index contributed by atoms with van der Waals surface area (Å²) in [7, 11) is 0. The van der Waals surface area contributed by atoms with Gasteiger partial charge in [0.2, 0.25) is 0 Å². The molecule has 0 radical (unpaired) electrons. The van der Waals surface area contributed by atoms with Crippen molar-refractivity contribution in [1.82, 2.24) is 4.90 Å². The maximum absolute atomic E-state index is 10.7. The predicted octanol–water partition coefficient (Wildman–Crippen LogP) is 0.811. The summed E-state index contributed by atoms with van der Waals surface area (Å²) in [5.41, 5.74) is 0. The van der Waals surface area contributed by atoms with Crippen molar-refractivity contribution in [3.8, 4) is 6.07 Å². The molecule has 0 rings (SSSR count). The molecule has 0 aromatic carbocycles. The van der Waals surface area contributed by atoms with Crippen LogP contribution >= 0.6 is 0 Å². The lowest BCUT2D eigenvalue weighted by Crippen LogP contribution is -2.29. The second-order valence-electron chi connectivity index (χ2n) is 2.48. The zero-order valence-electron chi connectivity index (χ0n) is 7.13. The largest absolute Gasteiger partial charge is 0.299 e. The number of carbonyl (C=O) groups is 1. The van der Waals surface area contributed by atoms with Gasteiger partial charge in [-0.25, -0.2) is 0 Å². The predicted molar refractivity (Wildman–Crippen MR) is 43.0 cm³/mol. The van der Waals surface area contributed by atoms with E-state index in [1.807, 2.05) is 11.8 Å². The van der Waals surface area contributed by atoms with E-state index in [9.17, 15) is 4.79 Å². The van der Waals surface area contributed by atoms with Gasteiger partial charge in [-0.1, -0.05) is 6.92 Å². The summed E-state index contributed by atoms with van der Waals surface area (Å²) in [6, 6.07) is 2.05. The molecule has 11 heavy (non-hydrogen) atoms. The van der Waals surface area contributed by atoms with Crippen molar-refractivity contribution in [3.05, 3.63) is 0 Å². The molecule has 0 amide bonds. The smallest absolute Gasteiger partial charge is 0.143 e. The fourth-order valence-electron chi connectivity index (χ4n) is 0.872. The van der Waals surface area contributed by atoms with Crippen LogP contribution in [0.5, 0.6) is 0 Å². The molecule has 3 heteroatoms. The summed E-state index contributed by atoms with van der Waals surface area (Å²) in [4.78, 5) is 12.6. The van der Waals surface area contributed by atoms with E-state index in [-0.39, 0.29) is 5.78 Å². The van der Waals surface area contributed by atoms with Crippen molar-refractivity contribution in [1.29, 1.82) is 5.26 Å².